The fraction of sp³-hybridized carbons (Fsp3) is 0.533. The van der Waals surface area contributed by atoms with Crippen molar-refractivity contribution in [1.82, 2.24) is 9.21 Å². The summed E-state index contributed by atoms with van der Waals surface area (Å²) in [6.45, 7) is 1.36. The van der Waals surface area contributed by atoms with Crippen LogP contribution in [0, 0.1) is 0 Å². The Hall–Kier alpha value is -1.48. The minimum Gasteiger partial charge on any atom is -0.383 e. The van der Waals surface area contributed by atoms with Crippen molar-refractivity contribution in [3.05, 3.63) is 30.3 Å². The Morgan fingerprint density at radius 3 is 2.70 bits per heavy atom. The Morgan fingerprint density at radius 2 is 2.00 bits per heavy atom. The second kappa shape index (κ2) is 6.56. The maximum Gasteiger partial charge on any atom is 0.249 e. The predicted octanol–water partition coefficient (Wildman–Crippen LogP) is -0.0667. The van der Waals surface area contributed by atoms with E-state index in [-0.39, 0.29) is 42.6 Å². The number of fused-ring (bicyclic) bond motifs is 1. The normalized spacial score (nSPS) is 25.6. The smallest absolute Gasteiger partial charge is 0.249 e. The number of nitrogens with zero attached hydrogens (tertiary/aromatic N) is 2. The van der Waals surface area contributed by atoms with Gasteiger partial charge in [-0.15, -0.1) is 0 Å². The zero-order valence-electron chi connectivity index (χ0n) is 12.9. The Kier molecular flexibility index (Phi) is 4.67. The average molecular weight is 340 g/mol. The van der Waals surface area contributed by atoms with Gasteiger partial charge >= 0.3 is 0 Å². The minimum atomic E-state index is -3.57. The van der Waals surface area contributed by atoms with Gasteiger partial charge in [0, 0.05) is 26.7 Å². The molecule has 2 atom stereocenters. The van der Waals surface area contributed by atoms with E-state index in [9.17, 15) is 13.2 Å². The van der Waals surface area contributed by atoms with Crippen LogP contribution >= 0.6 is 0 Å². The number of rotatable bonds is 5. The van der Waals surface area contributed by atoms with E-state index < -0.39 is 10.0 Å². The third kappa shape index (κ3) is 3.12. The molecule has 0 unspecified atom stereocenters. The first-order valence-corrected chi connectivity index (χ1v) is 8.93. The SMILES string of the molecule is COCCN1C(=O)CO[C@H]2CN(S(=O)(=O)c3ccccc3)C[C@H]21. The van der Waals surface area contributed by atoms with Gasteiger partial charge in [0.05, 0.1) is 23.6 Å². The van der Waals surface area contributed by atoms with Gasteiger partial charge in [-0.3, -0.25) is 4.79 Å². The van der Waals surface area contributed by atoms with Crippen LogP contribution in [0.1, 0.15) is 0 Å². The van der Waals surface area contributed by atoms with E-state index in [0.29, 0.717) is 13.2 Å². The van der Waals surface area contributed by atoms with Crippen LogP contribution in [0.2, 0.25) is 0 Å². The first kappa shape index (κ1) is 16.4. The van der Waals surface area contributed by atoms with Crippen molar-refractivity contribution in [3.8, 4) is 0 Å². The Balaban J connectivity index is 1.80. The lowest BCUT2D eigenvalue weighted by Crippen LogP contribution is -2.54. The number of morpholine rings is 1. The molecule has 7 nitrogen and oxygen atoms in total. The molecule has 0 bridgehead atoms. The third-order valence-electron chi connectivity index (χ3n) is 4.26. The number of benzene rings is 1. The highest BCUT2D eigenvalue weighted by molar-refractivity contribution is 7.89. The highest BCUT2D eigenvalue weighted by Gasteiger charge is 2.46. The van der Waals surface area contributed by atoms with Gasteiger partial charge in [-0.1, -0.05) is 18.2 Å². The zero-order valence-corrected chi connectivity index (χ0v) is 13.7. The molecule has 3 rings (SSSR count). The summed E-state index contributed by atoms with van der Waals surface area (Å²) in [4.78, 5) is 14.0. The second-order valence-corrected chi connectivity index (χ2v) is 7.57. The van der Waals surface area contributed by atoms with Gasteiger partial charge < -0.3 is 14.4 Å². The van der Waals surface area contributed by atoms with Gasteiger partial charge in [0.2, 0.25) is 15.9 Å². The van der Waals surface area contributed by atoms with Crippen LogP contribution in [0.4, 0.5) is 0 Å². The van der Waals surface area contributed by atoms with Crippen molar-refractivity contribution in [1.29, 1.82) is 0 Å². The van der Waals surface area contributed by atoms with E-state index >= 15 is 0 Å². The predicted molar refractivity (Wildman–Crippen MR) is 82.3 cm³/mol. The van der Waals surface area contributed by atoms with E-state index in [1.54, 1.807) is 42.3 Å². The third-order valence-corrected chi connectivity index (χ3v) is 6.11. The van der Waals surface area contributed by atoms with Crippen LogP contribution in [0.5, 0.6) is 0 Å². The number of carbonyl (C=O) groups is 1. The lowest BCUT2D eigenvalue weighted by Gasteiger charge is -2.36. The Morgan fingerprint density at radius 1 is 1.26 bits per heavy atom. The minimum absolute atomic E-state index is 0.00982. The molecular weight excluding hydrogens is 320 g/mol. The van der Waals surface area contributed by atoms with E-state index in [4.69, 9.17) is 9.47 Å². The van der Waals surface area contributed by atoms with Gasteiger partial charge in [0.1, 0.15) is 6.61 Å². The molecule has 126 valence electrons. The standard InChI is InChI=1S/C15H20N2O5S/c1-21-8-7-17-13-9-16(10-14(13)22-11-15(17)18)23(19,20)12-5-3-2-4-6-12/h2-6,13-14H,7-11H2,1H3/t13-,14+/m1/s1. The first-order chi connectivity index (χ1) is 11.0. The summed E-state index contributed by atoms with van der Waals surface area (Å²) in [7, 11) is -2.00. The van der Waals surface area contributed by atoms with Crippen LogP contribution < -0.4 is 0 Å². The molecule has 0 spiro atoms. The zero-order chi connectivity index (χ0) is 16.4. The molecule has 1 aromatic carbocycles. The van der Waals surface area contributed by atoms with Crippen molar-refractivity contribution in [2.75, 3.05) is 40.0 Å². The van der Waals surface area contributed by atoms with Crippen LogP contribution in [0.15, 0.2) is 35.2 Å². The number of sulfonamides is 1. The van der Waals surface area contributed by atoms with Crippen molar-refractivity contribution in [3.63, 3.8) is 0 Å². The maximum atomic E-state index is 12.7. The largest absolute Gasteiger partial charge is 0.383 e. The van der Waals surface area contributed by atoms with Crippen LogP contribution in [0.3, 0.4) is 0 Å². The molecule has 8 heteroatoms. The molecule has 0 aliphatic carbocycles. The highest BCUT2D eigenvalue weighted by Crippen LogP contribution is 2.28. The summed E-state index contributed by atoms with van der Waals surface area (Å²) < 4.78 is 37.4. The summed E-state index contributed by atoms with van der Waals surface area (Å²) in [6, 6.07) is 8.06. The molecular formula is C15H20N2O5S. The number of amides is 1. The number of hydrogen-bond donors (Lipinski definition) is 0. The number of ether oxygens (including phenoxy) is 2. The van der Waals surface area contributed by atoms with Gasteiger partial charge in [-0.2, -0.15) is 4.31 Å². The molecule has 0 saturated carbocycles. The lowest BCUT2D eigenvalue weighted by molar-refractivity contribution is -0.153. The quantitative estimate of drug-likeness (QED) is 0.750. The van der Waals surface area contributed by atoms with Crippen LogP contribution in [0.25, 0.3) is 0 Å². The monoisotopic (exact) mass is 340 g/mol. The van der Waals surface area contributed by atoms with E-state index in [1.165, 1.54) is 4.31 Å². The second-order valence-electron chi connectivity index (χ2n) is 5.63. The van der Waals surface area contributed by atoms with E-state index in [1.807, 2.05) is 0 Å². The molecule has 2 heterocycles. The molecule has 23 heavy (non-hydrogen) atoms. The van der Waals surface area contributed by atoms with Crippen molar-refractivity contribution >= 4 is 15.9 Å². The van der Waals surface area contributed by atoms with Gasteiger partial charge in [0.25, 0.3) is 0 Å². The summed E-state index contributed by atoms with van der Waals surface area (Å²) in [5.41, 5.74) is 0. The molecule has 2 saturated heterocycles. The molecule has 2 aliphatic rings. The summed E-state index contributed by atoms with van der Waals surface area (Å²) >= 11 is 0. The summed E-state index contributed by atoms with van der Waals surface area (Å²) in [5.74, 6) is -0.123. The number of carbonyl (C=O) groups excluding carboxylic acids is 1. The topological polar surface area (TPSA) is 76.2 Å². The summed E-state index contributed by atoms with van der Waals surface area (Å²) in [5, 5.41) is 0. The Labute approximate surface area is 135 Å². The van der Waals surface area contributed by atoms with Gasteiger partial charge in [0.15, 0.2) is 0 Å². The first-order valence-electron chi connectivity index (χ1n) is 7.49. The highest BCUT2D eigenvalue weighted by atomic mass is 32.2. The van der Waals surface area contributed by atoms with Crippen molar-refractivity contribution < 1.29 is 22.7 Å². The molecule has 1 aromatic rings. The van der Waals surface area contributed by atoms with Crippen molar-refractivity contribution in [2.24, 2.45) is 0 Å². The van der Waals surface area contributed by atoms with Gasteiger partial charge in [-0.05, 0) is 12.1 Å². The van der Waals surface area contributed by atoms with Crippen molar-refractivity contribution in [2.45, 2.75) is 17.0 Å². The molecule has 2 fully saturated rings. The molecule has 2 aliphatic heterocycles. The maximum absolute atomic E-state index is 12.7. The van der Waals surface area contributed by atoms with Crippen LogP contribution in [-0.2, 0) is 24.3 Å². The lowest BCUT2D eigenvalue weighted by atomic mass is 10.1. The Bertz CT molecular complexity index is 664. The average Bonchev–Trinajstić information content (AvgIpc) is 3.00. The fourth-order valence-corrected chi connectivity index (χ4v) is 4.54. The molecule has 0 radical (unpaired) electrons. The van der Waals surface area contributed by atoms with E-state index in [0.717, 1.165) is 0 Å². The molecule has 0 N–H and O–H groups in total. The van der Waals surface area contributed by atoms with Crippen LogP contribution in [-0.4, -0.2) is 75.6 Å². The number of methoxy groups -OCH3 is 1. The molecule has 0 aromatic heterocycles. The number of hydrogen-bond acceptors (Lipinski definition) is 5. The summed E-state index contributed by atoms with van der Waals surface area (Å²) in [6.07, 6.45) is -0.289. The fourth-order valence-electron chi connectivity index (χ4n) is 3.05. The van der Waals surface area contributed by atoms with E-state index in [2.05, 4.69) is 0 Å². The van der Waals surface area contributed by atoms with Gasteiger partial charge in [-0.25, -0.2) is 8.42 Å². The molecule has 1 amide bonds.